The molecule has 0 aliphatic carbocycles. The van der Waals surface area contributed by atoms with Gasteiger partial charge < -0.3 is 4.74 Å². The number of carbonyl (C=O) groups excluding carboxylic acids is 1. The van der Waals surface area contributed by atoms with Gasteiger partial charge in [0.1, 0.15) is 4.83 Å². The Balaban J connectivity index is 3.36. The lowest BCUT2D eigenvalue weighted by molar-refractivity contribution is -0.142. The zero-order chi connectivity index (χ0) is 8.69. The number of unbranched alkanes of at least 4 members (excludes halogenated alkanes) is 1. The first-order valence-electron chi connectivity index (χ1n) is 3.59. The van der Waals surface area contributed by atoms with Gasteiger partial charge in [0.15, 0.2) is 0 Å². The molecule has 0 aliphatic heterocycles. The first-order chi connectivity index (χ1) is 5.22. The first-order valence-corrected chi connectivity index (χ1v) is 5.62. The fourth-order valence-corrected chi connectivity index (χ4v) is 0.867. The second kappa shape index (κ2) is 7.10. The van der Waals surface area contributed by atoms with Gasteiger partial charge in [-0.1, -0.05) is 45.2 Å². The van der Waals surface area contributed by atoms with E-state index in [1.54, 1.807) is 0 Å². The molecule has 0 amide bonds. The van der Waals surface area contributed by atoms with Gasteiger partial charge in [-0.05, 0) is 6.42 Å². The molecule has 0 bridgehead atoms. The highest BCUT2D eigenvalue weighted by Crippen LogP contribution is 2.05. The largest absolute Gasteiger partial charge is 0.465 e. The summed E-state index contributed by atoms with van der Waals surface area (Å²) in [6.45, 7) is 2.59. The van der Waals surface area contributed by atoms with Crippen LogP contribution in [-0.4, -0.2) is 22.7 Å². The molecule has 0 aromatic heterocycles. The van der Waals surface area contributed by atoms with E-state index in [-0.39, 0.29) is 10.8 Å². The number of hydrogen-bond donors (Lipinski definition) is 0. The number of ether oxygens (including phenoxy) is 1. The average Bonchev–Trinajstić information content (AvgIpc) is 2.03. The average molecular weight is 288 g/mol. The van der Waals surface area contributed by atoms with E-state index in [9.17, 15) is 4.79 Å². The van der Waals surface area contributed by atoms with Gasteiger partial charge in [0.2, 0.25) is 0 Å². The van der Waals surface area contributed by atoms with Crippen LogP contribution >= 0.6 is 31.9 Å². The van der Waals surface area contributed by atoms with Gasteiger partial charge in [-0.3, -0.25) is 4.79 Å². The van der Waals surface area contributed by atoms with E-state index in [0.29, 0.717) is 11.9 Å². The van der Waals surface area contributed by atoms with Gasteiger partial charge in [0.05, 0.1) is 6.61 Å². The summed E-state index contributed by atoms with van der Waals surface area (Å²) in [6, 6.07) is 0. The summed E-state index contributed by atoms with van der Waals surface area (Å²) >= 11 is 6.35. The lowest BCUT2D eigenvalue weighted by Crippen LogP contribution is -2.18. The molecular weight excluding hydrogens is 276 g/mol. The summed E-state index contributed by atoms with van der Waals surface area (Å²) in [6.07, 6.45) is 1.99. The van der Waals surface area contributed by atoms with E-state index in [1.165, 1.54) is 0 Å². The van der Waals surface area contributed by atoms with Crippen molar-refractivity contribution < 1.29 is 9.53 Å². The Hall–Kier alpha value is 0.430. The van der Waals surface area contributed by atoms with Crippen molar-refractivity contribution in [2.75, 3.05) is 11.9 Å². The monoisotopic (exact) mass is 286 g/mol. The topological polar surface area (TPSA) is 26.3 Å². The Morgan fingerprint density at radius 2 is 2.27 bits per heavy atom. The van der Waals surface area contributed by atoms with Crippen LogP contribution in [0, 0.1) is 0 Å². The molecule has 1 unspecified atom stereocenters. The summed E-state index contributed by atoms with van der Waals surface area (Å²) in [7, 11) is 0. The van der Waals surface area contributed by atoms with Crippen LogP contribution in [0.1, 0.15) is 19.8 Å². The lowest BCUT2D eigenvalue weighted by Gasteiger charge is -2.05. The quantitative estimate of drug-likeness (QED) is 0.441. The minimum Gasteiger partial charge on any atom is -0.465 e. The summed E-state index contributed by atoms with van der Waals surface area (Å²) < 4.78 is 4.92. The lowest BCUT2D eigenvalue weighted by atomic mass is 10.4. The molecule has 0 aromatic carbocycles. The number of halogens is 2. The molecule has 0 rings (SSSR count). The Labute approximate surface area is 83.9 Å². The van der Waals surface area contributed by atoms with Crippen molar-refractivity contribution in [3.05, 3.63) is 0 Å². The number of rotatable bonds is 5. The van der Waals surface area contributed by atoms with Crippen LogP contribution in [0.5, 0.6) is 0 Å². The molecule has 0 heterocycles. The fraction of sp³-hybridized carbons (Fsp3) is 0.857. The van der Waals surface area contributed by atoms with Gasteiger partial charge in [-0.2, -0.15) is 0 Å². The summed E-state index contributed by atoms with van der Waals surface area (Å²) in [5.74, 6) is -0.185. The molecule has 0 saturated heterocycles. The molecular formula is C7H12Br2O2. The van der Waals surface area contributed by atoms with Crippen LogP contribution in [0.3, 0.4) is 0 Å². The van der Waals surface area contributed by atoms with E-state index in [4.69, 9.17) is 4.74 Å². The zero-order valence-electron chi connectivity index (χ0n) is 6.48. The van der Waals surface area contributed by atoms with Crippen molar-refractivity contribution in [3.63, 3.8) is 0 Å². The van der Waals surface area contributed by atoms with Crippen molar-refractivity contribution in [2.45, 2.75) is 24.6 Å². The molecule has 0 spiro atoms. The molecule has 0 fully saturated rings. The molecule has 1 atom stereocenters. The van der Waals surface area contributed by atoms with Crippen molar-refractivity contribution in [3.8, 4) is 0 Å². The zero-order valence-corrected chi connectivity index (χ0v) is 9.65. The minimum atomic E-state index is -0.209. The highest BCUT2D eigenvalue weighted by atomic mass is 79.9. The summed E-state index contributed by atoms with van der Waals surface area (Å²) in [4.78, 5) is 10.7. The van der Waals surface area contributed by atoms with Crippen LogP contribution in [0.4, 0.5) is 0 Å². The predicted molar refractivity (Wildman–Crippen MR) is 52.4 cm³/mol. The number of carbonyl (C=O) groups is 1. The molecule has 0 aliphatic rings. The fourth-order valence-electron chi connectivity index (χ4n) is 0.471. The van der Waals surface area contributed by atoms with Gasteiger partial charge >= 0.3 is 5.97 Å². The number of esters is 1. The van der Waals surface area contributed by atoms with Crippen LogP contribution in [-0.2, 0) is 9.53 Å². The van der Waals surface area contributed by atoms with Crippen molar-refractivity contribution >= 4 is 37.8 Å². The van der Waals surface area contributed by atoms with E-state index >= 15 is 0 Å². The maximum Gasteiger partial charge on any atom is 0.320 e. The maximum absolute atomic E-state index is 10.9. The normalized spacial score (nSPS) is 12.6. The third kappa shape index (κ3) is 5.67. The van der Waals surface area contributed by atoms with Crippen LogP contribution in [0.2, 0.25) is 0 Å². The predicted octanol–water partition coefficient (Wildman–Crippen LogP) is 2.49. The second-order valence-electron chi connectivity index (χ2n) is 2.14. The van der Waals surface area contributed by atoms with Crippen molar-refractivity contribution in [1.82, 2.24) is 0 Å². The van der Waals surface area contributed by atoms with Gasteiger partial charge in [-0.15, -0.1) is 0 Å². The SMILES string of the molecule is CCCCOC(=O)C(Br)CBr. The van der Waals surface area contributed by atoms with Crippen LogP contribution in [0.25, 0.3) is 0 Å². The van der Waals surface area contributed by atoms with E-state index in [1.807, 2.05) is 0 Å². The standard InChI is InChI=1S/C7H12Br2O2/c1-2-3-4-11-7(10)6(9)5-8/h6H,2-5H2,1H3. The summed E-state index contributed by atoms with van der Waals surface area (Å²) in [5.41, 5.74) is 0. The Kier molecular flexibility index (Phi) is 7.38. The van der Waals surface area contributed by atoms with Gasteiger partial charge in [0.25, 0.3) is 0 Å². The molecule has 0 saturated carbocycles. The maximum atomic E-state index is 10.9. The Morgan fingerprint density at radius 3 is 2.73 bits per heavy atom. The van der Waals surface area contributed by atoms with E-state index in [2.05, 4.69) is 38.8 Å². The van der Waals surface area contributed by atoms with Crippen LogP contribution < -0.4 is 0 Å². The molecule has 0 aromatic rings. The van der Waals surface area contributed by atoms with E-state index < -0.39 is 0 Å². The molecule has 0 radical (unpaired) electrons. The van der Waals surface area contributed by atoms with Gasteiger partial charge in [0, 0.05) is 5.33 Å². The third-order valence-electron chi connectivity index (χ3n) is 1.13. The second-order valence-corrected chi connectivity index (χ2v) is 3.90. The highest BCUT2D eigenvalue weighted by Gasteiger charge is 2.13. The van der Waals surface area contributed by atoms with Gasteiger partial charge in [-0.25, -0.2) is 0 Å². The molecule has 11 heavy (non-hydrogen) atoms. The summed E-state index contributed by atoms with van der Waals surface area (Å²) in [5, 5.41) is 0.595. The first kappa shape index (κ1) is 11.4. The highest BCUT2D eigenvalue weighted by molar-refractivity contribution is 9.12. The molecule has 4 heteroatoms. The number of hydrogen-bond acceptors (Lipinski definition) is 2. The van der Waals surface area contributed by atoms with Crippen molar-refractivity contribution in [2.24, 2.45) is 0 Å². The number of alkyl halides is 2. The molecule has 66 valence electrons. The minimum absolute atomic E-state index is 0.185. The molecule has 2 nitrogen and oxygen atoms in total. The smallest absolute Gasteiger partial charge is 0.320 e. The van der Waals surface area contributed by atoms with Crippen molar-refractivity contribution in [1.29, 1.82) is 0 Å². The van der Waals surface area contributed by atoms with Crippen LogP contribution in [0.15, 0.2) is 0 Å². The third-order valence-corrected chi connectivity index (χ3v) is 3.35. The molecule has 0 N–H and O–H groups in total. The Morgan fingerprint density at radius 1 is 1.64 bits per heavy atom. The Bertz CT molecular complexity index is 117. The van der Waals surface area contributed by atoms with E-state index in [0.717, 1.165) is 12.8 Å².